The van der Waals surface area contributed by atoms with Gasteiger partial charge in [0.25, 0.3) is 0 Å². The van der Waals surface area contributed by atoms with Crippen LogP contribution in [0.1, 0.15) is 28.3 Å². The zero-order valence-electron chi connectivity index (χ0n) is 10.3. The summed E-state index contributed by atoms with van der Waals surface area (Å²) in [4.78, 5) is 0. The Labute approximate surface area is 102 Å². The Hall–Kier alpha value is -1.80. The quantitative estimate of drug-likeness (QED) is 0.773. The van der Waals surface area contributed by atoms with Gasteiger partial charge in [-0.15, -0.1) is 0 Å². The molecule has 0 aliphatic carbocycles. The fourth-order valence-electron chi connectivity index (χ4n) is 2.26. The molecule has 0 aliphatic rings. The van der Waals surface area contributed by atoms with Gasteiger partial charge < -0.3 is 11.5 Å². The van der Waals surface area contributed by atoms with Gasteiger partial charge in [-0.3, -0.25) is 0 Å². The highest BCUT2D eigenvalue weighted by Crippen LogP contribution is 2.28. The van der Waals surface area contributed by atoms with Gasteiger partial charge in [0.05, 0.1) is 6.04 Å². The van der Waals surface area contributed by atoms with Gasteiger partial charge in [0.2, 0.25) is 0 Å². The van der Waals surface area contributed by atoms with Crippen molar-refractivity contribution in [1.82, 2.24) is 0 Å². The van der Waals surface area contributed by atoms with E-state index < -0.39 is 0 Å². The molecule has 2 nitrogen and oxygen atoms in total. The number of nitrogens with two attached hydrogens (primary N) is 2. The van der Waals surface area contributed by atoms with Crippen molar-refractivity contribution in [2.45, 2.75) is 19.9 Å². The van der Waals surface area contributed by atoms with E-state index in [4.69, 9.17) is 11.5 Å². The van der Waals surface area contributed by atoms with Crippen LogP contribution in [0.3, 0.4) is 0 Å². The van der Waals surface area contributed by atoms with Crippen molar-refractivity contribution in [3.8, 4) is 0 Å². The number of hydrogen-bond donors (Lipinski definition) is 2. The topological polar surface area (TPSA) is 52.0 Å². The molecule has 1 atom stereocenters. The average Bonchev–Trinajstić information content (AvgIpc) is 2.28. The summed E-state index contributed by atoms with van der Waals surface area (Å²) in [6.45, 7) is 4.10. The van der Waals surface area contributed by atoms with Crippen molar-refractivity contribution in [2.24, 2.45) is 5.73 Å². The molecule has 0 bridgehead atoms. The number of rotatable bonds is 2. The maximum Gasteiger partial charge on any atom is 0.0574 e. The number of aryl methyl sites for hydroxylation is 2. The van der Waals surface area contributed by atoms with Crippen molar-refractivity contribution in [1.29, 1.82) is 0 Å². The van der Waals surface area contributed by atoms with Crippen molar-refractivity contribution in [3.63, 3.8) is 0 Å². The minimum Gasteiger partial charge on any atom is -0.398 e. The third-order valence-electron chi connectivity index (χ3n) is 3.03. The van der Waals surface area contributed by atoms with Gasteiger partial charge in [0, 0.05) is 5.69 Å². The summed E-state index contributed by atoms with van der Waals surface area (Å²) in [6.07, 6.45) is 0. The lowest BCUT2D eigenvalue weighted by atomic mass is 9.93. The SMILES string of the molecule is Cc1cc(C)c(C(N)c2ccccc2)c(N)c1. The van der Waals surface area contributed by atoms with E-state index in [9.17, 15) is 0 Å². The lowest BCUT2D eigenvalue weighted by molar-refractivity contribution is 0.864. The Bertz CT molecular complexity index is 495. The summed E-state index contributed by atoms with van der Waals surface area (Å²) in [6, 6.07) is 14.0. The number of anilines is 1. The molecule has 0 amide bonds. The van der Waals surface area contributed by atoms with Gasteiger partial charge in [-0.2, -0.15) is 0 Å². The fourth-order valence-corrected chi connectivity index (χ4v) is 2.26. The minimum absolute atomic E-state index is 0.156. The molecule has 1 unspecified atom stereocenters. The second-order valence-electron chi connectivity index (χ2n) is 4.47. The molecule has 2 rings (SSSR count). The highest BCUT2D eigenvalue weighted by atomic mass is 14.7. The summed E-state index contributed by atoms with van der Waals surface area (Å²) < 4.78 is 0. The molecule has 0 fully saturated rings. The Kier molecular flexibility index (Phi) is 3.16. The Morgan fingerprint density at radius 3 is 2.24 bits per heavy atom. The molecule has 17 heavy (non-hydrogen) atoms. The Balaban J connectivity index is 2.48. The van der Waals surface area contributed by atoms with E-state index in [-0.39, 0.29) is 6.04 Å². The second kappa shape index (κ2) is 4.60. The van der Waals surface area contributed by atoms with Crippen LogP contribution in [0, 0.1) is 13.8 Å². The van der Waals surface area contributed by atoms with E-state index in [1.54, 1.807) is 0 Å². The Morgan fingerprint density at radius 2 is 1.65 bits per heavy atom. The summed E-state index contributed by atoms with van der Waals surface area (Å²) in [5.74, 6) is 0. The average molecular weight is 226 g/mol. The van der Waals surface area contributed by atoms with Gasteiger partial charge in [-0.1, -0.05) is 36.4 Å². The second-order valence-corrected chi connectivity index (χ2v) is 4.47. The lowest BCUT2D eigenvalue weighted by Crippen LogP contribution is -2.15. The lowest BCUT2D eigenvalue weighted by Gasteiger charge is -2.18. The van der Waals surface area contributed by atoms with Gasteiger partial charge in [0.15, 0.2) is 0 Å². The van der Waals surface area contributed by atoms with Gasteiger partial charge in [0.1, 0.15) is 0 Å². The molecule has 0 heterocycles. The number of benzene rings is 2. The molecule has 0 radical (unpaired) electrons. The maximum absolute atomic E-state index is 6.29. The first-order chi connectivity index (χ1) is 8.09. The van der Waals surface area contributed by atoms with Crippen LogP contribution in [0.5, 0.6) is 0 Å². The highest BCUT2D eigenvalue weighted by molar-refractivity contribution is 5.56. The van der Waals surface area contributed by atoms with Crippen LogP contribution in [0.15, 0.2) is 42.5 Å². The summed E-state index contributed by atoms with van der Waals surface area (Å²) in [5.41, 5.74) is 17.6. The molecule has 0 aliphatic heterocycles. The normalized spacial score (nSPS) is 12.4. The summed E-state index contributed by atoms with van der Waals surface area (Å²) in [5, 5.41) is 0. The molecule has 0 saturated heterocycles. The van der Waals surface area contributed by atoms with Crippen molar-refractivity contribution >= 4 is 5.69 Å². The predicted molar refractivity (Wildman–Crippen MR) is 72.8 cm³/mol. The van der Waals surface area contributed by atoms with Crippen molar-refractivity contribution in [3.05, 3.63) is 64.7 Å². The summed E-state index contributed by atoms with van der Waals surface area (Å²) >= 11 is 0. The number of hydrogen-bond acceptors (Lipinski definition) is 2. The molecular weight excluding hydrogens is 208 g/mol. The van der Waals surface area contributed by atoms with Crippen molar-refractivity contribution < 1.29 is 0 Å². The van der Waals surface area contributed by atoms with E-state index in [1.807, 2.05) is 43.3 Å². The van der Waals surface area contributed by atoms with E-state index in [2.05, 4.69) is 13.0 Å². The van der Waals surface area contributed by atoms with Crippen LogP contribution in [-0.4, -0.2) is 0 Å². The smallest absolute Gasteiger partial charge is 0.0574 e. The first kappa shape index (κ1) is 11.7. The standard InChI is InChI=1S/C15H18N2/c1-10-8-11(2)14(13(16)9-10)15(17)12-6-4-3-5-7-12/h3-9,15H,16-17H2,1-2H3. The highest BCUT2D eigenvalue weighted by Gasteiger charge is 2.14. The van der Waals surface area contributed by atoms with Crippen LogP contribution < -0.4 is 11.5 Å². The number of nitrogen functional groups attached to an aromatic ring is 1. The first-order valence-corrected chi connectivity index (χ1v) is 5.76. The third kappa shape index (κ3) is 2.32. The monoisotopic (exact) mass is 226 g/mol. The zero-order valence-corrected chi connectivity index (χ0v) is 10.3. The fraction of sp³-hybridized carbons (Fsp3) is 0.200. The zero-order chi connectivity index (χ0) is 12.4. The minimum atomic E-state index is -0.156. The molecule has 0 spiro atoms. The molecule has 0 aromatic heterocycles. The van der Waals surface area contributed by atoms with Gasteiger partial charge in [-0.05, 0) is 42.2 Å². The summed E-state index contributed by atoms with van der Waals surface area (Å²) in [7, 11) is 0. The molecule has 4 N–H and O–H groups in total. The van der Waals surface area contributed by atoms with Gasteiger partial charge in [-0.25, -0.2) is 0 Å². The van der Waals surface area contributed by atoms with Crippen LogP contribution >= 0.6 is 0 Å². The molecule has 2 aromatic rings. The first-order valence-electron chi connectivity index (χ1n) is 5.76. The Morgan fingerprint density at radius 1 is 1.00 bits per heavy atom. The van der Waals surface area contributed by atoms with Crippen LogP contribution in [0.2, 0.25) is 0 Å². The molecular formula is C15H18N2. The molecule has 88 valence electrons. The molecule has 2 heteroatoms. The molecule has 2 aromatic carbocycles. The van der Waals surface area contributed by atoms with E-state index in [0.717, 1.165) is 22.4 Å². The molecule has 0 saturated carbocycles. The maximum atomic E-state index is 6.29. The third-order valence-corrected chi connectivity index (χ3v) is 3.03. The van der Waals surface area contributed by atoms with E-state index in [1.165, 1.54) is 5.56 Å². The van der Waals surface area contributed by atoms with Crippen molar-refractivity contribution in [2.75, 3.05) is 5.73 Å². The van der Waals surface area contributed by atoms with Crippen LogP contribution in [-0.2, 0) is 0 Å². The van der Waals surface area contributed by atoms with Crippen LogP contribution in [0.4, 0.5) is 5.69 Å². The van der Waals surface area contributed by atoms with E-state index >= 15 is 0 Å². The predicted octanol–water partition coefficient (Wildman–Crippen LogP) is 2.93. The van der Waals surface area contributed by atoms with Crippen LogP contribution in [0.25, 0.3) is 0 Å². The van der Waals surface area contributed by atoms with E-state index in [0.29, 0.717) is 0 Å². The van der Waals surface area contributed by atoms with Gasteiger partial charge >= 0.3 is 0 Å². The largest absolute Gasteiger partial charge is 0.398 e.